The summed E-state index contributed by atoms with van der Waals surface area (Å²) in [6.07, 6.45) is 6.37. The first-order valence-corrected chi connectivity index (χ1v) is 9.85. The first kappa shape index (κ1) is 17.8. The molecule has 2 heterocycles. The molecule has 140 valence electrons. The average molecular weight is 364 g/mol. The fraction of sp³-hybridized carbons (Fsp3) is 0.348. The first-order valence-electron chi connectivity index (χ1n) is 9.85. The quantitative estimate of drug-likeness (QED) is 0.745. The highest BCUT2D eigenvalue weighted by Crippen LogP contribution is 2.27. The van der Waals surface area contributed by atoms with Crippen molar-refractivity contribution in [3.05, 3.63) is 64.5 Å². The minimum Gasteiger partial charge on any atom is -0.507 e. The second kappa shape index (κ2) is 7.57. The summed E-state index contributed by atoms with van der Waals surface area (Å²) in [7, 11) is 0. The molecule has 0 bridgehead atoms. The minimum absolute atomic E-state index is 0.0515. The summed E-state index contributed by atoms with van der Waals surface area (Å²) < 4.78 is 5.93. The Labute approximate surface area is 159 Å². The number of hydrogen-bond donors (Lipinski definition) is 2. The van der Waals surface area contributed by atoms with Crippen LogP contribution in [-0.4, -0.2) is 17.7 Å². The molecule has 4 heteroatoms. The van der Waals surface area contributed by atoms with Crippen molar-refractivity contribution in [3.63, 3.8) is 0 Å². The lowest BCUT2D eigenvalue weighted by Gasteiger charge is -2.32. The van der Waals surface area contributed by atoms with Crippen LogP contribution in [-0.2, 0) is 6.54 Å². The van der Waals surface area contributed by atoms with Gasteiger partial charge in [-0.3, -0.25) is 4.79 Å². The van der Waals surface area contributed by atoms with Gasteiger partial charge < -0.3 is 14.4 Å². The highest BCUT2D eigenvalue weighted by atomic mass is 16.3. The van der Waals surface area contributed by atoms with Crippen molar-refractivity contribution in [2.45, 2.75) is 45.2 Å². The molecular weight excluding hydrogens is 338 g/mol. The van der Waals surface area contributed by atoms with E-state index in [1.807, 2.05) is 30.3 Å². The van der Waals surface area contributed by atoms with Crippen molar-refractivity contribution in [2.24, 2.45) is 0 Å². The Morgan fingerprint density at radius 3 is 2.74 bits per heavy atom. The first-order chi connectivity index (χ1) is 13.2. The summed E-state index contributed by atoms with van der Waals surface area (Å²) in [5, 5.41) is 11.0. The van der Waals surface area contributed by atoms with Gasteiger partial charge in [-0.25, -0.2) is 0 Å². The van der Waals surface area contributed by atoms with Crippen molar-refractivity contribution < 1.29 is 14.4 Å². The molecule has 0 aliphatic carbocycles. The van der Waals surface area contributed by atoms with Crippen LogP contribution in [0.2, 0.25) is 0 Å². The standard InChI is InChI=1S/C23H25NO3/c1-2-17-10-6-7-13-24(17)14-19-21(25)12-11-18-22(26)20(15-27-23(18)19)16-8-4-3-5-9-16/h3-5,8-9,11-12,15,17,25H,2,6-7,10,13-14H2,1H3/p+1/t17-/m0/s1. The smallest absolute Gasteiger partial charge is 0.200 e. The van der Waals surface area contributed by atoms with Gasteiger partial charge in [-0.15, -0.1) is 0 Å². The molecule has 0 amide bonds. The molecule has 4 rings (SSSR count). The molecule has 1 fully saturated rings. The molecule has 2 atom stereocenters. The third kappa shape index (κ3) is 3.37. The maximum absolute atomic E-state index is 13.1. The summed E-state index contributed by atoms with van der Waals surface area (Å²) in [5.41, 5.74) is 2.61. The number of rotatable bonds is 4. The molecule has 3 aromatic rings. The summed E-state index contributed by atoms with van der Waals surface area (Å²) in [6.45, 7) is 4.02. The Morgan fingerprint density at radius 2 is 1.96 bits per heavy atom. The van der Waals surface area contributed by atoms with Gasteiger partial charge in [0.05, 0.1) is 29.1 Å². The molecule has 1 aliphatic rings. The number of benzene rings is 2. The number of nitrogens with one attached hydrogen (secondary N) is 1. The lowest BCUT2D eigenvalue weighted by Crippen LogP contribution is -3.15. The van der Waals surface area contributed by atoms with Gasteiger partial charge in [0.2, 0.25) is 5.43 Å². The molecular formula is C23H26NO3+. The minimum atomic E-state index is -0.0515. The predicted octanol–water partition coefficient (Wildman–Crippen LogP) is 3.51. The Balaban J connectivity index is 1.78. The van der Waals surface area contributed by atoms with Crippen LogP contribution in [0.3, 0.4) is 0 Å². The summed E-state index contributed by atoms with van der Waals surface area (Å²) in [6, 6.07) is 13.5. The van der Waals surface area contributed by atoms with Crippen molar-refractivity contribution in [1.82, 2.24) is 0 Å². The molecule has 0 saturated carbocycles. The van der Waals surface area contributed by atoms with E-state index in [1.54, 1.807) is 12.1 Å². The van der Waals surface area contributed by atoms with Gasteiger partial charge in [-0.1, -0.05) is 37.3 Å². The number of phenols is 1. The van der Waals surface area contributed by atoms with Crippen LogP contribution < -0.4 is 10.3 Å². The van der Waals surface area contributed by atoms with Crippen molar-refractivity contribution >= 4 is 11.0 Å². The molecule has 2 N–H and O–H groups in total. The molecule has 1 aliphatic heterocycles. The number of quaternary nitrogens is 1. The molecule has 0 radical (unpaired) electrons. The highest BCUT2D eigenvalue weighted by Gasteiger charge is 2.27. The van der Waals surface area contributed by atoms with Gasteiger partial charge in [-0.05, 0) is 43.4 Å². The Hall–Kier alpha value is -2.59. The maximum Gasteiger partial charge on any atom is 0.200 e. The molecule has 1 aromatic heterocycles. The maximum atomic E-state index is 13.1. The van der Waals surface area contributed by atoms with E-state index in [-0.39, 0.29) is 11.2 Å². The summed E-state index contributed by atoms with van der Waals surface area (Å²) in [4.78, 5) is 14.5. The van der Waals surface area contributed by atoms with Crippen molar-refractivity contribution in [2.75, 3.05) is 6.54 Å². The van der Waals surface area contributed by atoms with Crippen LogP contribution in [0.4, 0.5) is 0 Å². The molecule has 2 aromatic carbocycles. The molecule has 4 nitrogen and oxygen atoms in total. The Kier molecular flexibility index (Phi) is 4.99. The predicted molar refractivity (Wildman–Crippen MR) is 107 cm³/mol. The SMILES string of the molecule is CC[C@H]1CCCC[NH+]1Cc1c(O)ccc2c(=O)c(-c3ccccc3)coc12. The normalized spacial score (nSPS) is 20.0. The average Bonchev–Trinajstić information content (AvgIpc) is 2.71. The number of likely N-dealkylation sites (tertiary alicyclic amines) is 1. The van der Waals surface area contributed by atoms with Gasteiger partial charge in [0.25, 0.3) is 0 Å². The third-order valence-corrected chi connectivity index (χ3v) is 5.88. The second-order valence-corrected chi connectivity index (χ2v) is 7.47. The summed E-state index contributed by atoms with van der Waals surface area (Å²) >= 11 is 0. The number of fused-ring (bicyclic) bond motifs is 1. The monoisotopic (exact) mass is 364 g/mol. The summed E-state index contributed by atoms with van der Waals surface area (Å²) in [5.74, 6) is 0.214. The highest BCUT2D eigenvalue weighted by molar-refractivity contribution is 5.85. The van der Waals surface area contributed by atoms with E-state index in [2.05, 4.69) is 6.92 Å². The molecule has 0 spiro atoms. The van der Waals surface area contributed by atoms with Crippen molar-refractivity contribution in [3.8, 4) is 16.9 Å². The number of hydrogen-bond acceptors (Lipinski definition) is 3. The van der Waals surface area contributed by atoms with E-state index in [9.17, 15) is 9.90 Å². The van der Waals surface area contributed by atoms with E-state index in [1.165, 1.54) is 30.4 Å². The number of aromatic hydroxyl groups is 1. The van der Waals surface area contributed by atoms with Gasteiger partial charge in [0, 0.05) is 0 Å². The second-order valence-electron chi connectivity index (χ2n) is 7.47. The van der Waals surface area contributed by atoms with Gasteiger partial charge in [0.1, 0.15) is 24.1 Å². The molecule has 27 heavy (non-hydrogen) atoms. The van der Waals surface area contributed by atoms with E-state index in [0.29, 0.717) is 29.1 Å². The molecule has 1 saturated heterocycles. The zero-order chi connectivity index (χ0) is 18.8. The van der Waals surface area contributed by atoms with Crippen LogP contribution in [0.1, 0.15) is 38.2 Å². The Morgan fingerprint density at radius 1 is 1.15 bits per heavy atom. The van der Waals surface area contributed by atoms with Crippen LogP contribution in [0.25, 0.3) is 22.1 Å². The van der Waals surface area contributed by atoms with E-state index in [4.69, 9.17) is 4.42 Å². The number of phenolic OH excluding ortho intramolecular Hbond substituents is 1. The van der Waals surface area contributed by atoms with Crippen LogP contribution >= 0.6 is 0 Å². The fourth-order valence-electron chi connectivity index (χ4n) is 4.34. The zero-order valence-electron chi connectivity index (χ0n) is 15.7. The largest absolute Gasteiger partial charge is 0.507 e. The zero-order valence-corrected chi connectivity index (χ0v) is 15.7. The third-order valence-electron chi connectivity index (χ3n) is 5.88. The Bertz CT molecular complexity index is 994. The van der Waals surface area contributed by atoms with Gasteiger partial charge in [-0.2, -0.15) is 0 Å². The fourth-order valence-corrected chi connectivity index (χ4v) is 4.34. The van der Waals surface area contributed by atoms with Crippen LogP contribution in [0.15, 0.2) is 57.9 Å². The van der Waals surface area contributed by atoms with E-state index >= 15 is 0 Å². The lowest BCUT2D eigenvalue weighted by atomic mass is 9.98. The van der Waals surface area contributed by atoms with Gasteiger partial charge >= 0.3 is 0 Å². The lowest BCUT2D eigenvalue weighted by molar-refractivity contribution is -0.944. The van der Waals surface area contributed by atoms with Gasteiger partial charge in [0.15, 0.2) is 0 Å². The van der Waals surface area contributed by atoms with Crippen molar-refractivity contribution in [1.29, 1.82) is 0 Å². The van der Waals surface area contributed by atoms with E-state index in [0.717, 1.165) is 24.1 Å². The molecule has 1 unspecified atom stereocenters. The van der Waals surface area contributed by atoms with E-state index < -0.39 is 0 Å². The van der Waals surface area contributed by atoms with Crippen LogP contribution in [0.5, 0.6) is 5.75 Å². The topological polar surface area (TPSA) is 54.9 Å². The number of piperidine rings is 1. The van der Waals surface area contributed by atoms with Crippen LogP contribution in [0, 0.1) is 0 Å².